The molecule has 0 bridgehead atoms. The summed E-state index contributed by atoms with van der Waals surface area (Å²) in [6.45, 7) is 2.89. The normalized spacial score (nSPS) is 10.6. The summed E-state index contributed by atoms with van der Waals surface area (Å²) >= 11 is 0. The van der Waals surface area contributed by atoms with E-state index >= 15 is 0 Å². The van der Waals surface area contributed by atoms with E-state index in [1.54, 1.807) is 0 Å². The summed E-state index contributed by atoms with van der Waals surface area (Å²) in [5.74, 6) is 0.0161. The molecule has 0 aliphatic carbocycles. The van der Waals surface area contributed by atoms with Crippen molar-refractivity contribution in [3.63, 3.8) is 0 Å². The molecule has 0 aliphatic rings. The standard InChI is InChI=1S/C12H15N3O/c1-2-14-12(16)8-15-7-6-9-10(13)4-3-5-11(9)15/h3-7H,2,8,13H2,1H3,(H,14,16). The van der Waals surface area contributed by atoms with Gasteiger partial charge in [0.15, 0.2) is 0 Å². The lowest BCUT2D eigenvalue weighted by Gasteiger charge is -2.05. The SMILES string of the molecule is CCNC(=O)Cn1ccc2c(N)cccc21. The van der Waals surface area contributed by atoms with Crippen LogP contribution in [0.4, 0.5) is 5.69 Å². The Labute approximate surface area is 94.0 Å². The van der Waals surface area contributed by atoms with Crippen LogP contribution in [0.15, 0.2) is 30.5 Å². The minimum absolute atomic E-state index is 0.0161. The van der Waals surface area contributed by atoms with Crippen molar-refractivity contribution in [3.05, 3.63) is 30.5 Å². The van der Waals surface area contributed by atoms with Crippen LogP contribution in [0.5, 0.6) is 0 Å². The highest BCUT2D eigenvalue weighted by atomic mass is 16.1. The van der Waals surface area contributed by atoms with Crippen molar-refractivity contribution in [2.45, 2.75) is 13.5 Å². The Balaban J connectivity index is 2.32. The van der Waals surface area contributed by atoms with Gasteiger partial charge < -0.3 is 15.6 Å². The van der Waals surface area contributed by atoms with Crippen LogP contribution in [-0.4, -0.2) is 17.0 Å². The molecule has 1 amide bonds. The molecular weight excluding hydrogens is 202 g/mol. The van der Waals surface area contributed by atoms with E-state index in [1.807, 2.05) is 42.0 Å². The van der Waals surface area contributed by atoms with Crippen molar-refractivity contribution in [2.75, 3.05) is 12.3 Å². The number of anilines is 1. The predicted octanol–water partition coefficient (Wildman–Crippen LogP) is 1.36. The fourth-order valence-corrected chi connectivity index (χ4v) is 1.79. The number of hydrogen-bond donors (Lipinski definition) is 2. The van der Waals surface area contributed by atoms with Crippen LogP contribution < -0.4 is 11.1 Å². The maximum Gasteiger partial charge on any atom is 0.239 e. The van der Waals surface area contributed by atoms with Crippen LogP contribution >= 0.6 is 0 Å². The molecule has 0 unspecified atom stereocenters. The van der Waals surface area contributed by atoms with Crippen LogP contribution in [0.1, 0.15) is 6.92 Å². The molecule has 1 aromatic carbocycles. The molecule has 1 aromatic heterocycles. The zero-order valence-electron chi connectivity index (χ0n) is 9.23. The van der Waals surface area contributed by atoms with Gasteiger partial charge in [-0.1, -0.05) is 6.07 Å². The number of nitrogen functional groups attached to an aromatic ring is 1. The summed E-state index contributed by atoms with van der Waals surface area (Å²) in [6.07, 6.45) is 1.89. The number of likely N-dealkylation sites (N-methyl/N-ethyl adjacent to an activating group) is 1. The molecule has 0 atom stereocenters. The molecule has 0 saturated heterocycles. The molecule has 0 fully saturated rings. The zero-order valence-corrected chi connectivity index (χ0v) is 9.23. The topological polar surface area (TPSA) is 60.0 Å². The first-order chi connectivity index (χ1) is 7.72. The van der Waals surface area contributed by atoms with Crippen LogP contribution in [0.3, 0.4) is 0 Å². The average molecular weight is 217 g/mol. The van der Waals surface area contributed by atoms with Gasteiger partial charge in [0.2, 0.25) is 5.91 Å². The first kappa shape index (κ1) is 10.5. The van der Waals surface area contributed by atoms with Crippen LogP contribution in [0.2, 0.25) is 0 Å². The van der Waals surface area contributed by atoms with Crippen LogP contribution in [-0.2, 0) is 11.3 Å². The number of aromatic nitrogens is 1. The number of fused-ring (bicyclic) bond motifs is 1. The van der Waals surface area contributed by atoms with Gasteiger partial charge in [0.1, 0.15) is 6.54 Å². The van der Waals surface area contributed by atoms with Gasteiger partial charge in [-0.2, -0.15) is 0 Å². The minimum atomic E-state index is 0.0161. The molecule has 2 aromatic rings. The Hall–Kier alpha value is -1.97. The minimum Gasteiger partial charge on any atom is -0.398 e. The van der Waals surface area contributed by atoms with Gasteiger partial charge in [0.05, 0.1) is 5.52 Å². The van der Waals surface area contributed by atoms with Gasteiger partial charge in [0, 0.05) is 23.8 Å². The molecule has 4 heteroatoms. The second-order valence-corrected chi connectivity index (χ2v) is 3.68. The van der Waals surface area contributed by atoms with Gasteiger partial charge in [-0.3, -0.25) is 4.79 Å². The fraction of sp³-hybridized carbons (Fsp3) is 0.250. The number of nitrogens with one attached hydrogen (secondary N) is 1. The molecule has 3 N–H and O–H groups in total. The third kappa shape index (κ3) is 1.86. The lowest BCUT2D eigenvalue weighted by Crippen LogP contribution is -2.26. The number of nitrogens with zero attached hydrogens (tertiary/aromatic N) is 1. The summed E-state index contributed by atoms with van der Waals surface area (Å²) in [5.41, 5.74) is 7.58. The summed E-state index contributed by atoms with van der Waals surface area (Å²) in [7, 11) is 0. The fourth-order valence-electron chi connectivity index (χ4n) is 1.79. The van der Waals surface area contributed by atoms with Gasteiger partial charge in [0.25, 0.3) is 0 Å². The molecule has 4 nitrogen and oxygen atoms in total. The highest BCUT2D eigenvalue weighted by Crippen LogP contribution is 2.21. The number of hydrogen-bond acceptors (Lipinski definition) is 2. The number of amides is 1. The summed E-state index contributed by atoms with van der Waals surface area (Å²) in [6, 6.07) is 7.65. The predicted molar refractivity (Wildman–Crippen MR) is 65.0 cm³/mol. The molecule has 1 heterocycles. The quantitative estimate of drug-likeness (QED) is 0.763. The van der Waals surface area contributed by atoms with Crippen molar-refractivity contribution >= 4 is 22.5 Å². The molecular formula is C12H15N3O. The van der Waals surface area contributed by atoms with E-state index in [2.05, 4.69) is 5.32 Å². The number of carbonyl (C=O) groups is 1. The van der Waals surface area contributed by atoms with Crippen molar-refractivity contribution in [1.29, 1.82) is 0 Å². The van der Waals surface area contributed by atoms with Gasteiger partial charge in [-0.15, -0.1) is 0 Å². The van der Waals surface area contributed by atoms with Crippen LogP contribution in [0, 0.1) is 0 Å². The summed E-state index contributed by atoms with van der Waals surface area (Å²) in [4.78, 5) is 11.5. The van der Waals surface area contributed by atoms with Crippen LogP contribution in [0.25, 0.3) is 10.9 Å². The Kier molecular flexibility index (Phi) is 2.81. The number of carbonyl (C=O) groups excluding carboxylic acids is 1. The van der Waals surface area contributed by atoms with Gasteiger partial charge >= 0.3 is 0 Å². The number of nitrogens with two attached hydrogens (primary N) is 1. The third-order valence-electron chi connectivity index (χ3n) is 2.54. The van der Waals surface area contributed by atoms with Gasteiger partial charge in [-0.25, -0.2) is 0 Å². The van der Waals surface area contributed by atoms with Gasteiger partial charge in [-0.05, 0) is 25.1 Å². The Bertz CT molecular complexity index is 516. The molecule has 16 heavy (non-hydrogen) atoms. The molecule has 0 aliphatic heterocycles. The van der Waals surface area contributed by atoms with E-state index in [-0.39, 0.29) is 5.91 Å². The Morgan fingerprint density at radius 2 is 2.25 bits per heavy atom. The highest BCUT2D eigenvalue weighted by molar-refractivity contribution is 5.92. The van der Waals surface area contributed by atoms with Crippen molar-refractivity contribution in [3.8, 4) is 0 Å². The lowest BCUT2D eigenvalue weighted by molar-refractivity contribution is -0.121. The van der Waals surface area contributed by atoms with E-state index in [1.165, 1.54) is 0 Å². The Morgan fingerprint density at radius 1 is 1.44 bits per heavy atom. The van der Waals surface area contributed by atoms with Crippen molar-refractivity contribution < 1.29 is 4.79 Å². The largest absolute Gasteiger partial charge is 0.398 e. The third-order valence-corrected chi connectivity index (χ3v) is 2.54. The summed E-state index contributed by atoms with van der Waals surface area (Å²) in [5, 5.41) is 3.76. The molecule has 0 saturated carbocycles. The van der Waals surface area contributed by atoms with Crippen molar-refractivity contribution in [1.82, 2.24) is 9.88 Å². The zero-order chi connectivity index (χ0) is 11.5. The maximum atomic E-state index is 11.5. The first-order valence-electron chi connectivity index (χ1n) is 5.32. The van der Waals surface area contributed by atoms with Crippen molar-refractivity contribution in [2.24, 2.45) is 0 Å². The molecule has 0 spiro atoms. The van der Waals surface area contributed by atoms with E-state index in [0.717, 1.165) is 16.6 Å². The van der Waals surface area contributed by atoms with E-state index in [0.29, 0.717) is 13.1 Å². The van der Waals surface area contributed by atoms with E-state index < -0.39 is 0 Å². The average Bonchev–Trinajstić information content (AvgIpc) is 2.64. The molecule has 2 rings (SSSR count). The molecule has 0 radical (unpaired) electrons. The Morgan fingerprint density at radius 3 is 3.00 bits per heavy atom. The smallest absolute Gasteiger partial charge is 0.239 e. The second kappa shape index (κ2) is 4.26. The lowest BCUT2D eigenvalue weighted by atomic mass is 10.2. The first-order valence-corrected chi connectivity index (χ1v) is 5.32. The monoisotopic (exact) mass is 217 g/mol. The van der Waals surface area contributed by atoms with E-state index in [4.69, 9.17) is 5.73 Å². The highest BCUT2D eigenvalue weighted by Gasteiger charge is 2.06. The molecule has 84 valence electrons. The second-order valence-electron chi connectivity index (χ2n) is 3.68. The summed E-state index contributed by atoms with van der Waals surface area (Å²) < 4.78 is 1.90. The van der Waals surface area contributed by atoms with E-state index in [9.17, 15) is 4.79 Å². The number of rotatable bonds is 3. The maximum absolute atomic E-state index is 11.5. The number of benzene rings is 1.